The Bertz CT molecular complexity index is 242. The van der Waals surface area contributed by atoms with Crippen LogP contribution in [0, 0.1) is 0 Å². The molecule has 4 nitrogen and oxygen atoms in total. The van der Waals surface area contributed by atoms with E-state index >= 15 is 0 Å². The van der Waals surface area contributed by atoms with Gasteiger partial charge in [0.05, 0.1) is 6.26 Å². The molecule has 0 spiro atoms. The highest BCUT2D eigenvalue weighted by Gasteiger charge is 2.19. The average molecular weight is 213 g/mol. The van der Waals surface area contributed by atoms with Gasteiger partial charge in [-0.15, -0.1) is 0 Å². The zero-order chi connectivity index (χ0) is 9.19. The molecule has 0 N–H and O–H groups in total. The minimum Gasteiger partial charge on any atom is -0.219 e. The molecule has 0 bridgehead atoms. The van der Waals surface area contributed by atoms with Crippen LogP contribution in [0.4, 0.5) is 0 Å². The molecule has 1 aliphatic rings. The smallest absolute Gasteiger partial charge is 0.211 e. The van der Waals surface area contributed by atoms with Gasteiger partial charge in [0.15, 0.2) is 0 Å². The Balaban J connectivity index is 2.58. The minimum absolute atomic E-state index is 0.502. The molecule has 0 aromatic heterocycles. The van der Waals surface area contributed by atoms with E-state index in [-0.39, 0.29) is 0 Å². The van der Waals surface area contributed by atoms with Crippen LogP contribution in [0.15, 0.2) is 0 Å². The summed E-state index contributed by atoms with van der Waals surface area (Å²) in [5.74, 6) is 0. The third-order valence-electron chi connectivity index (χ3n) is 1.87. The normalized spacial score (nSPS) is 23.8. The van der Waals surface area contributed by atoms with Gasteiger partial charge in [-0.3, -0.25) is 0 Å². The van der Waals surface area contributed by atoms with Gasteiger partial charge in [-0.05, 0) is 18.2 Å². The fourth-order valence-electron chi connectivity index (χ4n) is 1.19. The fourth-order valence-corrected chi connectivity index (χ4v) is 2.26. The van der Waals surface area contributed by atoms with E-state index in [9.17, 15) is 8.42 Å². The predicted octanol–water partition coefficient (Wildman–Crippen LogP) is 0.108. The molecule has 0 aromatic rings. The molecule has 0 aliphatic carbocycles. The lowest BCUT2D eigenvalue weighted by Gasteiger charge is -2.16. The number of nitrogens with zero attached hydrogens (tertiary/aromatic N) is 2. The number of halogens is 1. The highest BCUT2D eigenvalue weighted by Crippen LogP contribution is 2.07. The van der Waals surface area contributed by atoms with Crippen LogP contribution in [0.3, 0.4) is 0 Å². The van der Waals surface area contributed by atoms with Crippen molar-refractivity contribution in [1.82, 2.24) is 8.72 Å². The van der Waals surface area contributed by atoms with Gasteiger partial charge in [-0.2, -0.15) is 0 Å². The van der Waals surface area contributed by atoms with Gasteiger partial charge in [0, 0.05) is 26.2 Å². The van der Waals surface area contributed by atoms with Gasteiger partial charge in [0.2, 0.25) is 10.0 Å². The van der Waals surface area contributed by atoms with Crippen molar-refractivity contribution in [2.45, 2.75) is 6.42 Å². The molecule has 1 fully saturated rings. The molecule has 0 radical (unpaired) electrons. The maximum Gasteiger partial charge on any atom is 0.211 e. The van der Waals surface area contributed by atoms with Gasteiger partial charge < -0.3 is 0 Å². The minimum atomic E-state index is -3.02. The summed E-state index contributed by atoms with van der Waals surface area (Å²) < 4.78 is 25.3. The van der Waals surface area contributed by atoms with E-state index in [2.05, 4.69) is 0 Å². The Morgan fingerprint density at radius 1 is 1.17 bits per heavy atom. The van der Waals surface area contributed by atoms with Crippen LogP contribution < -0.4 is 0 Å². The van der Waals surface area contributed by atoms with Gasteiger partial charge in [-0.25, -0.2) is 17.1 Å². The Kier molecular flexibility index (Phi) is 3.34. The van der Waals surface area contributed by atoms with Gasteiger partial charge in [0.1, 0.15) is 0 Å². The van der Waals surface area contributed by atoms with Crippen LogP contribution in [0.25, 0.3) is 0 Å². The van der Waals surface area contributed by atoms with Crippen molar-refractivity contribution in [3.05, 3.63) is 0 Å². The lowest BCUT2D eigenvalue weighted by molar-refractivity contribution is 0.422. The van der Waals surface area contributed by atoms with Gasteiger partial charge in [-0.1, -0.05) is 0 Å². The maximum absolute atomic E-state index is 11.1. The van der Waals surface area contributed by atoms with Gasteiger partial charge in [0.25, 0.3) is 0 Å². The van der Waals surface area contributed by atoms with E-state index in [0.717, 1.165) is 13.0 Å². The van der Waals surface area contributed by atoms with Crippen molar-refractivity contribution in [3.8, 4) is 0 Å². The van der Waals surface area contributed by atoms with Crippen LogP contribution in [-0.2, 0) is 10.0 Å². The van der Waals surface area contributed by atoms with E-state index in [4.69, 9.17) is 11.8 Å². The Morgan fingerprint density at radius 3 is 2.42 bits per heavy atom. The van der Waals surface area contributed by atoms with Crippen molar-refractivity contribution in [2.75, 3.05) is 32.4 Å². The van der Waals surface area contributed by atoms with Crippen molar-refractivity contribution in [1.29, 1.82) is 0 Å². The fraction of sp³-hybridized carbons (Fsp3) is 1.00. The monoisotopic (exact) mass is 212 g/mol. The molecule has 72 valence electrons. The number of rotatable bonds is 1. The first-order valence-electron chi connectivity index (χ1n) is 3.86. The highest BCUT2D eigenvalue weighted by molar-refractivity contribution is 7.88. The average Bonchev–Trinajstić information content (AvgIpc) is 2.11. The molecule has 0 aromatic carbocycles. The number of hydrogen-bond donors (Lipinski definition) is 0. The highest BCUT2D eigenvalue weighted by atomic mass is 35.5. The summed E-state index contributed by atoms with van der Waals surface area (Å²) in [6, 6.07) is 0. The van der Waals surface area contributed by atoms with Crippen molar-refractivity contribution in [2.24, 2.45) is 0 Å². The third kappa shape index (κ3) is 2.90. The molecule has 1 heterocycles. The molecule has 1 rings (SSSR count). The molecule has 0 atom stereocenters. The molecule has 1 aliphatic heterocycles. The van der Waals surface area contributed by atoms with Crippen LogP contribution >= 0.6 is 11.8 Å². The molecule has 0 saturated carbocycles. The topological polar surface area (TPSA) is 40.6 Å². The van der Waals surface area contributed by atoms with Crippen LogP contribution in [-0.4, -0.2) is 49.6 Å². The molecular formula is C6H13ClN2O2S. The van der Waals surface area contributed by atoms with E-state index in [1.807, 2.05) is 0 Å². The molecule has 6 heteroatoms. The standard InChI is InChI=1S/C6H13ClN2O2S/c1-12(10,11)9-4-2-3-8(7)5-6-9/h2-6H2,1H3. The summed E-state index contributed by atoms with van der Waals surface area (Å²) in [7, 11) is -3.02. The van der Waals surface area contributed by atoms with Crippen molar-refractivity contribution in [3.63, 3.8) is 0 Å². The van der Waals surface area contributed by atoms with E-state index in [1.165, 1.54) is 10.6 Å². The molecule has 0 amide bonds. The summed E-state index contributed by atoms with van der Waals surface area (Å²) >= 11 is 5.75. The molecule has 12 heavy (non-hydrogen) atoms. The second-order valence-corrected chi connectivity index (χ2v) is 5.39. The van der Waals surface area contributed by atoms with Crippen LogP contribution in [0.5, 0.6) is 0 Å². The third-order valence-corrected chi connectivity index (χ3v) is 3.51. The lowest BCUT2D eigenvalue weighted by atomic mass is 10.4. The Hall–Kier alpha value is 0.160. The zero-order valence-corrected chi connectivity index (χ0v) is 8.61. The summed E-state index contributed by atoms with van der Waals surface area (Å²) in [5.41, 5.74) is 0. The second kappa shape index (κ2) is 3.91. The summed E-state index contributed by atoms with van der Waals surface area (Å²) in [6.45, 7) is 2.45. The van der Waals surface area contributed by atoms with Crippen molar-refractivity contribution < 1.29 is 8.42 Å². The quantitative estimate of drug-likeness (QED) is 0.580. The van der Waals surface area contributed by atoms with E-state index < -0.39 is 10.0 Å². The Labute approximate surface area is 78.3 Å². The first-order valence-corrected chi connectivity index (χ1v) is 6.04. The summed E-state index contributed by atoms with van der Waals surface area (Å²) in [4.78, 5) is 0. The van der Waals surface area contributed by atoms with Gasteiger partial charge >= 0.3 is 0 Å². The van der Waals surface area contributed by atoms with Crippen LogP contribution in [0.2, 0.25) is 0 Å². The van der Waals surface area contributed by atoms with Crippen LogP contribution in [0.1, 0.15) is 6.42 Å². The Morgan fingerprint density at radius 2 is 1.83 bits per heavy atom. The second-order valence-electron chi connectivity index (χ2n) is 2.93. The molecule has 0 unspecified atom stereocenters. The first kappa shape index (κ1) is 10.2. The largest absolute Gasteiger partial charge is 0.219 e. The zero-order valence-electron chi connectivity index (χ0n) is 7.03. The first-order chi connectivity index (χ1) is 5.50. The van der Waals surface area contributed by atoms with E-state index in [0.29, 0.717) is 19.6 Å². The number of hydrogen-bond acceptors (Lipinski definition) is 3. The van der Waals surface area contributed by atoms with Crippen molar-refractivity contribution >= 4 is 21.8 Å². The van der Waals surface area contributed by atoms with E-state index in [1.54, 1.807) is 4.42 Å². The molecule has 1 saturated heterocycles. The molecular weight excluding hydrogens is 200 g/mol. The lowest BCUT2D eigenvalue weighted by Crippen LogP contribution is -2.32. The predicted molar refractivity (Wildman–Crippen MR) is 48.5 cm³/mol. The summed E-state index contributed by atoms with van der Waals surface area (Å²) in [5, 5.41) is 0. The summed E-state index contributed by atoms with van der Waals surface area (Å²) in [6.07, 6.45) is 2.04. The SMILES string of the molecule is CS(=O)(=O)N1CCCN(Cl)CC1. The maximum atomic E-state index is 11.1. The number of sulfonamides is 1.